The number of carbonyl (C=O) groups is 1. The van der Waals surface area contributed by atoms with Gasteiger partial charge in [0.2, 0.25) is 15.9 Å². The van der Waals surface area contributed by atoms with Gasteiger partial charge < -0.3 is 4.90 Å². The lowest BCUT2D eigenvalue weighted by Gasteiger charge is -2.24. The van der Waals surface area contributed by atoms with Gasteiger partial charge in [-0.05, 0) is 42.9 Å². The zero-order valence-corrected chi connectivity index (χ0v) is 15.5. The number of amides is 1. The Kier molecular flexibility index (Phi) is 4.96. The van der Waals surface area contributed by atoms with Gasteiger partial charge in [-0.2, -0.15) is 4.31 Å². The first-order valence-corrected chi connectivity index (χ1v) is 10.7. The fourth-order valence-corrected chi connectivity index (χ4v) is 6.48. The summed E-state index contributed by atoms with van der Waals surface area (Å²) in [6.07, 6.45) is 5.41. The van der Waals surface area contributed by atoms with Gasteiger partial charge in [0.05, 0.1) is 5.25 Å². The van der Waals surface area contributed by atoms with Gasteiger partial charge in [-0.3, -0.25) is 15.2 Å². The van der Waals surface area contributed by atoms with Crippen molar-refractivity contribution in [1.82, 2.24) is 25.0 Å². The highest BCUT2D eigenvalue weighted by atomic mass is 32.2. The third-order valence-electron chi connectivity index (χ3n) is 5.71. The molecular weight excluding hydrogens is 354 g/mol. The summed E-state index contributed by atoms with van der Waals surface area (Å²) >= 11 is 0. The molecule has 1 aromatic rings. The van der Waals surface area contributed by atoms with Crippen molar-refractivity contribution in [2.24, 2.45) is 5.92 Å². The number of nitrogens with one attached hydrogen (secondary N) is 2. The lowest BCUT2D eigenvalue weighted by Crippen LogP contribution is -2.46. The van der Waals surface area contributed by atoms with Crippen molar-refractivity contribution in [3.05, 3.63) is 30.1 Å². The standard InChI is InChI=1S/C17H25N5O3S/c23-17(15-3-8-19-20-15)21-9-4-14-12-22(11-13-1-6-18-7-2-13)26(24,25)16(14)5-10-21/h1-2,6-7,14-16,19-20H,3-5,8-12H2/t14-,15?,16-/m1/s1. The second kappa shape index (κ2) is 7.22. The number of hydrogen-bond acceptors (Lipinski definition) is 6. The van der Waals surface area contributed by atoms with Crippen LogP contribution in [0.3, 0.4) is 0 Å². The van der Waals surface area contributed by atoms with E-state index >= 15 is 0 Å². The van der Waals surface area contributed by atoms with Gasteiger partial charge in [0.15, 0.2) is 0 Å². The molecule has 0 saturated carbocycles. The lowest BCUT2D eigenvalue weighted by atomic mass is 10.0. The Morgan fingerprint density at radius 1 is 1.19 bits per heavy atom. The van der Waals surface area contributed by atoms with Gasteiger partial charge >= 0.3 is 0 Å². The molecule has 0 spiro atoms. The SMILES string of the molecule is O=C(C1CCNN1)N1CC[C@@H]2CN(Cc3ccncc3)S(=O)(=O)[C@@H]2CC1. The summed E-state index contributed by atoms with van der Waals surface area (Å²) < 4.78 is 27.6. The van der Waals surface area contributed by atoms with E-state index in [1.54, 1.807) is 16.7 Å². The van der Waals surface area contributed by atoms with E-state index < -0.39 is 10.0 Å². The second-order valence-corrected chi connectivity index (χ2v) is 9.46. The maximum atomic E-state index is 13.0. The molecule has 4 heterocycles. The molecule has 2 N–H and O–H groups in total. The first-order chi connectivity index (χ1) is 12.6. The number of likely N-dealkylation sites (tertiary alicyclic amines) is 1. The highest BCUT2D eigenvalue weighted by molar-refractivity contribution is 7.90. The van der Waals surface area contributed by atoms with E-state index in [1.807, 2.05) is 17.0 Å². The Hall–Kier alpha value is -1.55. The van der Waals surface area contributed by atoms with Crippen LogP contribution in [-0.4, -0.2) is 66.0 Å². The maximum Gasteiger partial charge on any atom is 0.241 e. The number of rotatable bonds is 3. The molecule has 0 radical (unpaired) electrons. The van der Waals surface area contributed by atoms with Gasteiger partial charge in [-0.15, -0.1) is 0 Å². The monoisotopic (exact) mass is 379 g/mol. The van der Waals surface area contributed by atoms with Crippen LogP contribution in [0.25, 0.3) is 0 Å². The first kappa shape index (κ1) is 17.8. The molecule has 3 aliphatic rings. The quantitative estimate of drug-likeness (QED) is 0.749. The minimum Gasteiger partial charge on any atom is -0.341 e. The van der Waals surface area contributed by atoms with Gasteiger partial charge in [0, 0.05) is 45.1 Å². The van der Waals surface area contributed by atoms with Crippen molar-refractivity contribution in [2.45, 2.75) is 37.1 Å². The number of fused-ring (bicyclic) bond motifs is 1. The molecule has 142 valence electrons. The molecule has 0 bridgehead atoms. The smallest absolute Gasteiger partial charge is 0.241 e. The summed E-state index contributed by atoms with van der Waals surface area (Å²) in [5.74, 6) is 0.176. The van der Waals surface area contributed by atoms with Crippen molar-refractivity contribution >= 4 is 15.9 Å². The highest BCUT2D eigenvalue weighted by Gasteiger charge is 2.47. The number of carbonyl (C=O) groups excluding carboxylic acids is 1. The van der Waals surface area contributed by atoms with Gasteiger partial charge in [0.25, 0.3) is 0 Å². The predicted octanol–water partition coefficient (Wildman–Crippen LogP) is -0.299. The van der Waals surface area contributed by atoms with Crippen LogP contribution in [0.5, 0.6) is 0 Å². The van der Waals surface area contributed by atoms with Crippen LogP contribution >= 0.6 is 0 Å². The Morgan fingerprint density at radius 2 is 1.96 bits per heavy atom. The summed E-state index contributed by atoms with van der Waals surface area (Å²) in [6, 6.07) is 3.52. The topological polar surface area (TPSA) is 94.6 Å². The van der Waals surface area contributed by atoms with E-state index in [0.717, 1.165) is 24.9 Å². The Labute approximate surface area is 154 Å². The van der Waals surface area contributed by atoms with E-state index in [9.17, 15) is 13.2 Å². The average Bonchev–Trinajstić information content (AvgIpc) is 3.18. The molecule has 26 heavy (non-hydrogen) atoms. The van der Waals surface area contributed by atoms with Crippen molar-refractivity contribution in [2.75, 3.05) is 26.2 Å². The molecule has 1 amide bonds. The summed E-state index contributed by atoms with van der Waals surface area (Å²) in [7, 11) is -3.33. The fourth-order valence-electron chi connectivity index (χ4n) is 4.25. The van der Waals surface area contributed by atoms with Crippen LogP contribution in [0.2, 0.25) is 0 Å². The number of pyridine rings is 1. The molecule has 9 heteroatoms. The molecule has 8 nitrogen and oxygen atoms in total. The molecule has 3 saturated heterocycles. The van der Waals surface area contributed by atoms with Gasteiger partial charge in [0.1, 0.15) is 6.04 Å². The minimum absolute atomic E-state index is 0.0843. The van der Waals surface area contributed by atoms with E-state index in [2.05, 4.69) is 15.8 Å². The maximum absolute atomic E-state index is 13.0. The second-order valence-electron chi connectivity index (χ2n) is 7.31. The van der Waals surface area contributed by atoms with E-state index in [-0.39, 0.29) is 23.1 Å². The number of aromatic nitrogens is 1. The molecule has 3 atom stereocenters. The van der Waals surface area contributed by atoms with Crippen molar-refractivity contribution in [1.29, 1.82) is 0 Å². The molecule has 1 unspecified atom stereocenters. The molecule has 1 aromatic heterocycles. The van der Waals surface area contributed by atoms with E-state index in [4.69, 9.17) is 0 Å². The Morgan fingerprint density at radius 3 is 2.69 bits per heavy atom. The van der Waals surface area contributed by atoms with Crippen LogP contribution in [0.15, 0.2) is 24.5 Å². The Balaban J connectivity index is 1.43. The van der Waals surface area contributed by atoms with Crippen LogP contribution < -0.4 is 10.9 Å². The number of hydrazine groups is 1. The normalized spacial score (nSPS) is 31.5. The van der Waals surface area contributed by atoms with E-state index in [0.29, 0.717) is 32.6 Å². The zero-order chi connectivity index (χ0) is 18.1. The van der Waals surface area contributed by atoms with Crippen molar-refractivity contribution < 1.29 is 13.2 Å². The largest absolute Gasteiger partial charge is 0.341 e. The zero-order valence-electron chi connectivity index (χ0n) is 14.7. The molecular formula is C17H25N5O3S. The molecule has 3 aliphatic heterocycles. The number of hydrogen-bond donors (Lipinski definition) is 2. The summed E-state index contributed by atoms with van der Waals surface area (Å²) in [6.45, 7) is 2.88. The third-order valence-corrected chi connectivity index (χ3v) is 8.10. The minimum atomic E-state index is -3.33. The summed E-state index contributed by atoms with van der Waals surface area (Å²) in [4.78, 5) is 18.4. The molecule has 0 aromatic carbocycles. The number of nitrogens with zero attached hydrogens (tertiary/aromatic N) is 3. The molecule has 4 rings (SSSR count). The average molecular weight is 379 g/mol. The summed E-state index contributed by atoms with van der Waals surface area (Å²) in [5, 5.41) is -0.378. The number of sulfonamides is 1. The summed E-state index contributed by atoms with van der Waals surface area (Å²) in [5.41, 5.74) is 6.94. The fraction of sp³-hybridized carbons (Fsp3) is 0.647. The molecule has 3 fully saturated rings. The van der Waals surface area contributed by atoms with Crippen LogP contribution in [0.4, 0.5) is 0 Å². The first-order valence-electron chi connectivity index (χ1n) is 9.21. The van der Waals surface area contributed by atoms with Gasteiger partial charge in [-0.1, -0.05) is 0 Å². The van der Waals surface area contributed by atoms with E-state index in [1.165, 1.54) is 0 Å². The van der Waals surface area contributed by atoms with Crippen molar-refractivity contribution in [3.63, 3.8) is 0 Å². The van der Waals surface area contributed by atoms with Crippen molar-refractivity contribution in [3.8, 4) is 0 Å². The predicted molar refractivity (Wildman–Crippen MR) is 96.2 cm³/mol. The van der Waals surface area contributed by atoms with Crippen LogP contribution in [0.1, 0.15) is 24.8 Å². The third kappa shape index (κ3) is 3.36. The van der Waals surface area contributed by atoms with Crippen LogP contribution in [-0.2, 0) is 21.4 Å². The van der Waals surface area contributed by atoms with Gasteiger partial charge in [-0.25, -0.2) is 13.8 Å². The lowest BCUT2D eigenvalue weighted by molar-refractivity contribution is -0.133. The molecule has 0 aliphatic carbocycles. The highest BCUT2D eigenvalue weighted by Crippen LogP contribution is 2.35. The Bertz CT molecular complexity index is 751. The van der Waals surface area contributed by atoms with Crippen LogP contribution in [0, 0.1) is 5.92 Å².